The van der Waals surface area contributed by atoms with Crippen LogP contribution in [0.4, 0.5) is 11.4 Å². The summed E-state index contributed by atoms with van der Waals surface area (Å²) in [4.78, 5) is 8.24. The van der Waals surface area contributed by atoms with Crippen LogP contribution in [0.3, 0.4) is 0 Å². The normalized spacial score (nSPS) is 14.9. The highest BCUT2D eigenvalue weighted by Gasteiger charge is 2.50. The molecule has 176 valence electrons. The summed E-state index contributed by atoms with van der Waals surface area (Å²) in [5.41, 5.74) is 10.5. The SMILES string of the molecule is CC(C)n1c(-c2ccc(NS(=O)(=O)C3(C)CC3)cc2)c(N)c2ccc(Oc3ncccn3)cc21. The Morgan fingerprint density at radius 2 is 1.76 bits per heavy atom. The van der Waals surface area contributed by atoms with Crippen molar-refractivity contribution < 1.29 is 13.2 Å². The Balaban J connectivity index is 1.52. The molecule has 2 heterocycles. The van der Waals surface area contributed by atoms with Gasteiger partial charge in [-0.15, -0.1) is 0 Å². The minimum Gasteiger partial charge on any atom is -0.424 e. The van der Waals surface area contributed by atoms with Crippen LogP contribution in [0.2, 0.25) is 0 Å². The third kappa shape index (κ3) is 3.86. The number of ether oxygens (including phenoxy) is 1. The summed E-state index contributed by atoms with van der Waals surface area (Å²) in [6.07, 6.45) is 4.63. The highest BCUT2D eigenvalue weighted by molar-refractivity contribution is 7.94. The van der Waals surface area contributed by atoms with Crippen molar-refractivity contribution in [3.8, 4) is 23.0 Å². The van der Waals surface area contributed by atoms with Gasteiger partial charge in [-0.25, -0.2) is 18.4 Å². The van der Waals surface area contributed by atoms with Gasteiger partial charge in [-0.3, -0.25) is 4.72 Å². The van der Waals surface area contributed by atoms with Crippen LogP contribution in [0.1, 0.15) is 39.7 Å². The van der Waals surface area contributed by atoms with E-state index in [1.165, 1.54) is 0 Å². The largest absolute Gasteiger partial charge is 0.424 e. The summed E-state index contributed by atoms with van der Waals surface area (Å²) < 4.78 is 35.2. The van der Waals surface area contributed by atoms with Crippen LogP contribution < -0.4 is 15.2 Å². The molecule has 0 amide bonds. The number of nitrogens with zero attached hydrogens (tertiary/aromatic N) is 3. The number of nitrogens with two attached hydrogens (primary N) is 1. The zero-order valence-electron chi connectivity index (χ0n) is 19.3. The number of hydrogen-bond acceptors (Lipinski definition) is 6. The summed E-state index contributed by atoms with van der Waals surface area (Å²) in [5, 5.41) is 0.913. The summed E-state index contributed by atoms with van der Waals surface area (Å²) in [7, 11) is -3.40. The van der Waals surface area contributed by atoms with Crippen molar-refractivity contribution in [2.45, 2.75) is 44.4 Å². The van der Waals surface area contributed by atoms with E-state index in [0.29, 0.717) is 30.0 Å². The Bertz CT molecular complexity index is 1460. The van der Waals surface area contributed by atoms with Crippen LogP contribution in [0.15, 0.2) is 60.9 Å². The summed E-state index contributed by atoms with van der Waals surface area (Å²) in [5.74, 6) is 0.614. The van der Waals surface area contributed by atoms with Crippen LogP contribution in [0.25, 0.3) is 22.2 Å². The lowest BCUT2D eigenvalue weighted by atomic mass is 10.1. The number of hydrogen-bond donors (Lipinski definition) is 2. The minimum atomic E-state index is -3.40. The van der Waals surface area contributed by atoms with Crippen LogP contribution in [0.5, 0.6) is 11.8 Å². The van der Waals surface area contributed by atoms with Crippen molar-refractivity contribution in [2.24, 2.45) is 0 Å². The van der Waals surface area contributed by atoms with Gasteiger partial charge in [0.2, 0.25) is 10.0 Å². The number of benzene rings is 2. The van der Waals surface area contributed by atoms with Gasteiger partial charge in [0.25, 0.3) is 0 Å². The molecule has 4 aromatic rings. The molecule has 0 bridgehead atoms. The average molecular weight is 478 g/mol. The molecule has 1 aliphatic carbocycles. The first-order valence-electron chi connectivity index (χ1n) is 11.2. The first-order chi connectivity index (χ1) is 16.2. The van der Waals surface area contributed by atoms with E-state index in [-0.39, 0.29) is 12.1 Å². The lowest BCUT2D eigenvalue weighted by Crippen LogP contribution is -2.26. The van der Waals surface area contributed by atoms with Gasteiger partial charge in [0.05, 0.1) is 21.6 Å². The summed E-state index contributed by atoms with van der Waals surface area (Å²) in [6, 6.07) is 15.2. The third-order valence-electron chi connectivity index (χ3n) is 6.30. The van der Waals surface area contributed by atoms with Crippen LogP contribution in [0, 0.1) is 0 Å². The maximum Gasteiger partial charge on any atom is 0.321 e. The van der Waals surface area contributed by atoms with Gasteiger partial charge in [-0.2, -0.15) is 0 Å². The zero-order chi connectivity index (χ0) is 24.1. The average Bonchev–Trinajstić information content (AvgIpc) is 3.50. The van der Waals surface area contributed by atoms with Crippen molar-refractivity contribution in [1.29, 1.82) is 0 Å². The Morgan fingerprint density at radius 3 is 2.38 bits per heavy atom. The lowest BCUT2D eigenvalue weighted by Gasteiger charge is -2.17. The minimum absolute atomic E-state index is 0.117. The molecule has 3 N–H and O–H groups in total. The second kappa shape index (κ2) is 8.02. The molecule has 34 heavy (non-hydrogen) atoms. The van der Waals surface area contributed by atoms with E-state index in [1.54, 1.807) is 37.5 Å². The van der Waals surface area contributed by atoms with Gasteiger partial charge in [-0.1, -0.05) is 12.1 Å². The van der Waals surface area contributed by atoms with Crippen LogP contribution in [-0.4, -0.2) is 27.7 Å². The number of nitrogen functional groups attached to an aromatic ring is 1. The molecular weight excluding hydrogens is 450 g/mol. The van der Waals surface area contributed by atoms with Crippen molar-refractivity contribution in [2.75, 3.05) is 10.5 Å². The number of fused-ring (bicyclic) bond motifs is 1. The molecule has 2 aromatic heterocycles. The van der Waals surface area contributed by atoms with Crippen LogP contribution in [-0.2, 0) is 10.0 Å². The Hall–Kier alpha value is -3.59. The molecule has 9 heteroatoms. The lowest BCUT2D eigenvalue weighted by molar-refractivity contribution is 0.442. The summed E-state index contributed by atoms with van der Waals surface area (Å²) in [6.45, 7) is 5.96. The van der Waals surface area contributed by atoms with E-state index in [0.717, 1.165) is 22.2 Å². The molecule has 8 nitrogen and oxygen atoms in total. The molecule has 0 radical (unpaired) electrons. The van der Waals surface area contributed by atoms with Gasteiger partial charge in [0.15, 0.2) is 0 Å². The number of anilines is 2. The van der Waals surface area contributed by atoms with Crippen molar-refractivity contribution in [3.05, 3.63) is 60.9 Å². The van der Waals surface area contributed by atoms with Gasteiger partial charge >= 0.3 is 6.01 Å². The topological polar surface area (TPSA) is 112 Å². The van der Waals surface area contributed by atoms with E-state index >= 15 is 0 Å². The molecule has 0 unspecified atom stereocenters. The predicted molar refractivity (Wildman–Crippen MR) is 134 cm³/mol. The number of sulfonamides is 1. The third-order valence-corrected chi connectivity index (χ3v) is 8.51. The van der Waals surface area contributed by atoms with E-state index in [2.05, 4.69) is 33.1 Å². The van der Waals surface area contributed by atoms with Gasteiger partial charge in [-0.05, 0) is 63.9 Å². The maximum absolute atomic E-state index is 12.6. The number of aromatic nitrogens is 3. The van der Waals surface area contributed by atoms with E-state index in [1.807, 2.05) is 30.3 Å². The second-order valence-corrected chi connectivity index (χ2v) is 11.4. The second-order valence-electron chi connectivity index (χ2n) is 9.17. The van der Waals surface area contributed by atoms with Crippen LogP contribution >= 0.6 is 0 Å². The monoisotopic (exact) mass is 477 g/mol. The fourth-order valence-electron chi connectivity index (χ4n) is 4.07. The highest BCUT2D eigenvalue weighted by Crippen LogP contribution is 2.44. The first-order valence-corrected chi connectivity index (χ1v) is 12.7. The molecular formula is C25H27N5O3S. The highest BCUT2D eigenvalue weighted by atomic mass is 32.2. The predicted octanol–water partition coefficient (Wildman–Crippen LogP) is 5.35. The molecule has 1 saturated carbocycles. The van der Waals surface area contributed by atoms with Gasteiger partial charge in [0, 0.05) is 41.1 Å². The Labute approximate surface area is 198 Å². The standard InChI is InChI=1S/C25H27N5O3S/c1-16(2)30-21-15-19(33-24-27-13-4-14-28-24)9-10-20(21)22(26)23(30)17-5-7-18(8-6-17)29-34(31,32)25(3)11-12-25/h4-10,13-16,29H,11-12,26H2,1-3H3. The fraction of sp³-hybridized carbons (Fsp3) is 0.280. The molecule has 1 aliphatic rings. The summed E-state index contributed by atoms with van der Waals surface area (Å²) >= 11 is 0. The molecule has 0 atom stereocenters. The molecule has 0 saturated heterocycles. The zero-order valence-corrected chi connectivity index (χ0v) is 20.1. The quantitative estimate of drug-likeness (QED) is 0.371. The first kappa shape index (κ1) is 22.2. The Morgan fingerprint density at radius 1 is 1.09 bits per heavy atom. The van der Waals surface area contributed by atoms with E-state index in [9.17, 15) is 8.42 Å². The van der Waals surface area contributed by atoms with Crippen molar-refractivity contribution in [1.82, 2.24) is 14.5 Å². The molecule has 2 aromatic carbocycles. The maximum atomic E-state index is 12.6. The van der Waals surface area contributed by atoms with Crippen molar-refractivity contribution in [3.63, 3.8) is 0 Å². The van der Waals surface area contributed by atoms with Gasteiger partial charge < -0.3 is 15.0 Å². The van der Waals surface area contributed by atoms with E-state index in [4.69, 9.17) is 10.5 Å². The Kier molecular flexibility index (Phi) is 5.24. The number of rotatable bonds is 7. The number of nitrogens with one attached hydrogen (secondary N) is 1. The smallest absolute Gasteiger partial charge is 0.321 e. The molecule has 5 rings (SSSR count). The molecule has 0 aliphatic heterocycles. The fourth-order valence-corrected chi connectivity index (χ4v) is 5.41. The van der Waals surface area contributed by atoms with Gasteiger partial charge in [0.1, 0.15) is 5.75 Å². The van der Waals surface area contributed by atoms with E-state index < -0.39 is 14.8 Å². The molecule has 0 spiro atoms. The molecule has 1 fully saturated rings. The van der Waals surface area contributed by atoms with Crippen molar-refractivity contribution >= 4 is 32.3 Å².